The van der Waals surface area contributed by atoms with E-state index in [-0.39, 0.29) is 23.1 Å². The highest BCUT2D eigenvalue weighted by atomic mass is 16.4. The summed E-state index contributed by atoms with van der Waals surface area (Å²) in [5.41, 5.74) is 6.11. The number of carboxylic acids is 1. The molecule has 2 aromatic carbocycles. The first-order valence-electron chi connectivity index (χ1n) is 6.72. The molecule has 110 valence electrons. The van der Waals surface area contributed by atoms with Gasteiger partial charge in [-0.05, 0) is 28.8 Å². The fourth-order valence-corrected chi connectivity index (χ4v) is 2.04. The third-order valence-electron chi connectivity index (χ3n) is 3.40. The second-order valence-electron chi connectivity index (χ2n) is 5.31. The highest BCUT2D eigenvalue weighted by molar-refractivity contribution is 6.06. The van der Waals surface area contributed by atoms with Gasteiger partial charge in [0.15, 0.2) is 0 Å². The molecule has 1 amide bonds. The number of nitrogens with two attached hydrogens (primary N) is 1. The molecule has 2 rings (SSSR count). The van der Waals surface area contributed by atoms with E-state index in [0.29, 0.717) is 0 Å². The number of carbonyl (C=O) groups excluding carboxylic acids is 1. The summed E-state index contributed by atoms with van der Waals surface area (Å²) in [7, 11) is 0. The normalized spacial score (nSPS) is 12.4. The predicted octanol–water partition coefficient (Wildman–Crippen LogP) is 2.46. The van der Waals surface area contributed by atoms with Crippen LogP contribution in [-0.2, 0) is 4.79 Å². The first-order chi connectivity index (χ1) is 9.90. The number of rotatable bonds is 4. The summed E-state index contributed by atoms with van der Waals surface area (Å²) in [6, 6.07) is 9.90. The number of nitrogens with one attached hydrogen (secondary N) is 1. The van der Waals surface area contributed by atoms with E-state index < -0.39 is 12.0 Å². The number of amides is 1. The number of carboxylic acid groups (broad SMARTS) is 1. The molecule has 0 heterocycles. The summed E-state index contributed by atoms with van der Waals surface area (Å²) < 4.78 is 0. The predicted molar refractivity (Wildman–Crippen MR) is 82.4 cm³/mol. The average molecular weight is 286 g/mol. The summed E-state index contributed by atoms with van der Waals surface area (Å²) in [6.07, 6.45) is 0. The van der Waals surface area contributed by atoms with Gasteiger partial charge in [-0.25, -0.2) is 4.79 Å². The topological polar surface area (TPSA) is 92.4 Å². The maximum Gasteiger partial charge on any atom is 0.337 e. The van der Waals surface area contributed by atoms with E-state index in [0.717, 1.165) is 10.8 Å². The summed E-state index contributed by atoms with van der Waals surface area (Å²) in [5.74, 6) is -1.50. The van der Waals surface area contributed by atoms with Gasteiger partial charge in [0.05, 0.1) is 17.3 Å². The van der Waals surface area contributed by atoms with Crippen molar-refractivity contribution in [3.05, 3.63) is 42.0 Å². The molecule has 0 spiro atoms. The fraction of sp³-hybridized carbons (Fsp3) is 0.250. The van der Waals surface area contributed by atoms with Crippen LogP contribution in [0, 0.1) is 5.92 Å². The van der Waals surface area contributed by atoms with Gasteiger partial charge in [0.25, 0.3) is 0 Å². The minimum atomic E-state index is -1.09. The van der Waals surface area contributed by atoms with E-state index in [1.165, 1.54) is 0 Å². The third-order valence-corrected chi connectivity index (χ3v) is 3.40. The molecule has 5 nitrogen and oxygen atoms in total. The minimum Gasteiger partial charge on any atom is -0.478 e. The maximum atomic E-state index is 12.0. The second-order valence-corrected chi connectivity index (χ2v) is 5.31. The molecule has 0 aromatic heterocycles. The largest absolute Gasteiger partial charge is 0.478 e. The summed E-state index contributed by atoms with van der Waals surface area (Å²) in [5, 5.41) is 13.6. The molecular formula is C16H18N2O3. The van der Waals surface area contributed by atoms with Crippen molar-refractivity contribution in [3.63, 3.8) is 0 Å². The number of anilines is 1. The molecule has 5 heteroatoms. The van der Waals surface area contributed by atoms with Crippen LogP contribution in [0.3, 0.4) is 0 Å². The molecule has 0 saturated carbocycles. The molecular weight excluding hydrogens is 268 g/mol. The van der Waals surface area contributed by atoms with Crippen LogP contribution in [0.2, 0.25) is 0 Å². The van der Waals surface area contributed by atoms with Gasteiger partial charge in [0.2, 0.25) is 5.91 Å². The first-order valence-corrected chi connectivity index (χ1v) is 6.72. The van der Waals surface area contributed by atoms with Crippen molar-refractivity contribution in [1.82, 2.24) is 0 Å². The van der Waals surface area contributed by atoms with E-state index in [1.54, 1.807) is 12.1 Å². The van der Waals surface area contributed by atoms with Gasteiger partial charge in [0, 0.05) is 0 Å². The summed E-state index contributed by atoms with van der Waals surface area (Å²) >= 11 is 0. The van der Waals surface area contributed by atoms with Gasteiger partial charge >= 0.3 is 5.97 Å². The van der Waals surface area contributed by atoms with E-state index in [4.69, 9.17) is 5.73 Å². The van der Waals surface area contributed by atoms with Gasteiger partial charge in [0.1, 0.15) is 0 Å². The van der Waals surface area contributed by atoms with E-state index in [1.807, 2.05) is 38.1 Å². The Labute approximate surface area is 122 Å². The number of fused-ring (bicyclic) bond motifs is 1. The number of hydrogen-bond acceptors (Lipinski definition) is 3. The molecule has 21 heavy (non-hydrogen) atoms. The van der Waals surface area contributed by atoms with E-state index in [9.17, 15) is 14.7 Å². The molecule has 1 atom stereocenters. The van der Waals surface area contributed by atoms with Crippen molar-refractivity contribution in [2.45, 2.75) is 19.9 Å². The smallest absolute Gasteiger partial charge is 0.337 e. The molecule has 0 aliphatic heterocycles. The van der Waals surface area contributed by atoms with Crippen molar-refractivity contribution in [3.8, 4) is 0 Å². The lowest BCUT2D eigenvalue weighted by molar-refractivity contribution is -0.118. The van der Waals surface area contributed by atoms with Gasteiger partial charge < -0.3 is 16.2 Å². The van der Waals surface area contributed by atoms with Crippen LogP contribution in [-0.4, -0.2) is 23.0 Å². The highest BCUT2D eigenvalue weighted by Gasteiger charge is 2.20. The van der Waals surface area contributed by atoms with Crippen molar-refractivity contribution >= 4 is 28.3 Å². The van der Waals surface area contributed by atoms with Crippen molar-refractivity contribution in [1.29, 1.82) is 0 Å². The van der Waals surface area contributed by atoms with Crippen LogP contribution in [0.25, 0.3) is 10.8 Å². The molecule has 0 fully saturated rings. The zero-order valence-electron chi connectivity index (χ0n) is 12.0. The average Bonchev–Trinajstić information content (AvgIpc) is 2.45. The highest BCUT2D eigenvalue weighted by Crippen LogP contribution is 2.24. The Hall–Kier alpha value is -2.40. The SMILES string of the molecule is CC(C)[C@@H](N)C(=O)Nc1cc2ccccc2cc1C(=O)O. The van der Waals surface area contributed by atoms with Crippen molar-refractivity contribution in [2.24, 2.45) is 11.7 Å². The monoisotopic (exact) mass is 286 g/mol. The number of benzene rings is 2. The fourth-order valence-electron chi connectivity index (χ4n) is 2.04. The van der Waals surface area contributed by atoms with Crippen molar-refractivity contribution < 1.29 is 14.7 Å². The molecule has 4 N–H and O–H groups in total. The molecule has 0 unspecified atom stereocenters. The number of aromatic carboxylic acids is 1. The molecule has 0 bridgehead atoms. The lowest BCUT2D eigenvalue weighted by atomic mass is 10.0. The molecule has 0 radical (unpaired) electrons. The van der Waals surface area contributed by atoms with Gasteiger partial charge in [-0.3, -0.25) is 4.79 Å². The Bertz CT molecular complexity index is 695. The van der Waals surface area contributed by atoms with Crippen LogP contribution in [0.15, 0.2) is 36.4 Å². The van der Waals surface area contributed by atoms with Crippen LogP contribution in [0.1, 0.15) is 24.2 Å². The lowest BCUT2D eigenvalue weighted by Gasteiger charge is -2.17. The molecule has 0 saturated heterocycles. The van der Waals surface area contributed by atoms with Crippen LogP contribution >= 0.6 is 0 Å². The Kier molecular flexibility index (Phi) is 4.23. The van der Waals surface area contributed by atoms with Gasteiger partial charge in [-0.15, -0.1) is 0 Å². The van der Waals surface area contributed by atoms with Crippen LogP contribution in [0.5, 0.6) is 0 Å². The van der Waals surface area contributed by atoms with E-state index >= 15 is 0 Å². The zero-order chi connectivity index (χ0) is 15.6. The number of carbonyl (C=O) groups is 2. The second kappa shape index (κ2) is 5.93. The zero-order valence-corrected chi connectivity index (χ0v) is 12.0. The standard InChI is InChI=1S/C16H18N2O3/c1-9(2)14(17)15(19)18-13-8-11-6-4-3-5-10(11)7-12(13)16(20)21/h3-9,14H,17H2,1-2H3,(H,18,19)(H,20,21)/t14-/m1/s1. The van der Waals surface area contributed by atoms with Crippen LogP contribution in [0.4, 0.5) is 5.69 Å². The molecule has 0 aliphatic carbocycles. The van der Waals surface area contributed by atoms with Crippen molar-refractivity contribution in [2.75, 3.05) is 5.32 Å². The quantitative estimate of drug-likeness (QED) is 0.805. The van der Waals surface area contributed by atoms with E-state index in [2.05, 4.69) is 5.32 Å². The third kappa shape index (κ3) is 3.20. The minimum absolute atomic E-state index is 0.0289. The van der Waals surface area contributed by atoms with Gasteiger partial charge in [-0.2, -0.15) is 0 Å². The van der Waals surface area contributed by atoms with Gasteiger partial charge in [-0.1, -0.05) is 38.1 Å². The lowest BCUT2D eigenvalue weighted by Crippen LogP contribution is -2.40. The molecule has 0 aliphatic rings. The Balaban J connectivity index is 2.44. The Morgan fingerprint density at radius 2 is 1.71 bits per heavy atom. The Morgan fingerprint density at radius 1 is 1.14 bits per heavy atom. The summed E-state index contributed by atoms with van der Waals surface area (Å²) in [4.78, 5) is 23.4. The molecule has 2 aromatic rings. The maximum absolute atomic E-state index is 12.0. The van der Waals surface area contributed by atoms with Crippen LogP contribution < -0.4 is 11.1 Å². The number of hydrogen-bond donors (Lipinski definition) is 3. The first kappa shape index (κ1) is 15.0. The Morgan fingerprint density at radius 3 is 2.24 bits per heavy atom. The summed E-state index contributed by atoms with van der Waals surface area (Å²) in [6.45, 7) is 3.67.